The first-order valence-electron chi connectivity index (χ1n) is 6.24. The standard InChI is InChI=1S/C13H18N2O2S/c1-8(2)18-7-12-14-6-10-5-9(13(16)17)3-4-11(10)15-12/h6,8-9H,3-5,7H2,1-2H3,(H,16,17). The lowest BCUT2D eigenvalue weighted by atomic mass is 9.87. The van der Waals surface area contributed by atoms with Crippen molar-refractivity contribution in [3.8, 4) is 0 Å². The lowest BCUT2D eigenvalue weighted by Gasteiger charge is -2.20. The van der Waals surface area contributed by atoms with Crippen LogP contribution in [-0.2, 0) is 23.4 Å². The van der Waals surface area contributed by atoms with Crippen molar-refractivity contribution in [3.63, 3.8) is 0 Å². The molecule has 0 spiro atoms. The zero-order valence-electron chi connectivity index (χ0n) is 10.7. The Morgan fingerprint density at radius 2 is 2.39 bits per heavy atom. The van der Waals surface area contributed by atoms with E-state index in [-0.39, 0.29) is 5.92 Å². The monoisotopic (exact) mass is 266 g/mol. The summed E-state index contributed by atoms with van der Waals surface area (Å²) in [7, 11) is 0. The molecular formula is C13H18N2O2S. The molecule has 1 aromatic heterocycles. The Kier molecular flexibility index (Phi) is 4.22. The van der Waals surface area contributed by atoms with Crippen molar-refractivity contribution in [2.75, 3.05) is 0 Å². The normalized spacial score (nSPS) is 18.7. The van der Waals surface area contributed by atoms with E-state index >= 15 is 0 Å². The summed E-state index contributed by atoms with van der Waals surface area (Å²) in [6.07, 6.45) is 3.83. The van der Waals surface area contributed by atoms with Crippen molar-refractivity contribution < 1.29 is 9.90 Å². The van der Waals surface area contributed by atoms with Gasteiger partial charge in [0.2, 0.25) is 0 Å². The first kappa shape index (κ1) is 13.3. The molecule has 1 unspecified atom stereocenters. The average Bonchev–Trinajstić information content (AvgIpc) is 2.35. The number of aryl methyl sites for hydroxylation is 1. The van der Waals surface area contributed by atoms with Gasteiger partial charge in [0.25, 0.3) is 0 Å². The molecule has 0 aliphatic heterocycles. The van der Waals surface area contributed by atoms with Gasteiger partial charge in [0.05, 0.1) is 11.7 Å². The van der Waals surface area contributed by atoms with Crippen LogP contribution in [0.25, 0.3) is 0 Å². The van der Waals surface area contributed by atoms with E-state index in [1.54, 1.807) is 0 Å². The summed E-state index contributed by atoms with van der Waals surface area (Å²) >= 11 is 1.82. The maximum atomic E-state index is 11.0. The molecule has 18 heavy (non-hydrogen) atoms. The summed E-state index contributed by atoms with van der Waals surface area (Å²) in [6, 6.07) is 0. The largest absolute Gasteiger partial charge is 0.481 e. The topological polar surface area (TPSA) is 63.1 Å². The van der Waals surface area contributed by atoms with Crippen molar-refractivity contribution >= 4 is 17.7 Å². The fourth-order valence-electron chi connectivity index (χ4n) is 2.07. The van der Waals surface area contributed by atoms with E-state index in [2.05, 4.69) is 23.8 Å². The second kappa shape index (κ2) is 5.69. The van der Waals surface area contributed by atoms with Gasteiger partial charge < -0.3 is 5.11 Å². The Morgan fingerprint density at radius 3 is 3.06 bits per heavy atom. The number of carboxylic acid groups (broad SMARTS) is 1. The first-order chi connectivity index (χ1) is 8.56. The SMILES string of the molecule is CC(C)SCc1ncc2c(n1)CCC(C(=O)O)C2. The number of carboxylic acids is 1. The van der Waals surface area contributed by atoms with Crippen LogP contribution in [0.4, 0.5) is 0 Å². The minimum absolute atomic E-state index is 0.267. The highest BCUT2D eigenvalue weighted by Crippen LogP contribution is 2.25. The fourth-order valence-corrected chi connectivity index (χ4v) is 2.69. The summed E-state index contributed by atoms with van der Waals surface area (Å²) in [5.74, 6) is 0.714. The van der Waals surface area contributed by atoms with E-state index in [4.69, 9.17) is 5.11 Å². The van der Waals surface area contributed by atoms with Crippen LogP contribution >= 0.6 is 11.8 Å². The number of hydrogen-bond donors (Lipinski definition) is 1. The molecular weight excluding hydrogens is 248 g/mol. The summed E-state index contributed by atoms with van der Waals surface area (Å²) < 4.78 is 0. The average molecular weight is 266 g/mol. The number of nitrogens with zero attached hydrogens (tertiary/aromatic N) is 2. The highest BCUT2D eigenvalue weighted by Gasteiger charge is 2.25. The number of carbonyl (C=O) groups is 1. The zero-order valence-corrected chi connectivity index (χ0v) is 11.5. The predicted octanol–water partition coefficient (Wildman–Crippen LogP) is 2.31. The molecule has 98 valence electrons. The van der Waals surface area contributed by atoms with Gasteiger partial charge in [-0.05, 0) is 30.1 Å². The number of thioether (sulfide) groups is 1. The molecule has 1 heterocycles. The fraction of sp³-hybridized carbons (Fsp3) is 0.615. The third-order valence-electron chi connectivity index (χ3n) is 3.10. The van der Waals surface area contributed by atoms with Crippen molar-refractivity contribution in [3.05, 3.63) is 23.3 Å². The highest BCUT2D eigenvalue weighted by molar-refractivity contribution is 7.99. The number of aromatic nitrogens is 2. The van der Waals surface area contributed by atoms with Gasteiger partial charge in [0, 0.05) is 11.9 Å². The summed E-state index contributed by atoms with van der Waals surface area (Å²) in [5.41, 5.74) is 2.05. The molecule has 2 rings (SSSR count). The molecule has 0 saturated carbocycles. The molecule has 0 aromatic carbocycles. The summed E-state index contributed by atoms with van der Waals surface area (Å²) in [4.78, 5) is 19.9. The molecule has 0 amide bonds. The zero-order chi connectivity index (χ0) is 13.1. The van der Waals surface area contributed by atoms with Gasteiger partial charge in [0.1, 0.15) is 5.82 Å². The van der Waals surface area contributed by atoms with E-state index in [1.807, 2.05) is 18.0 Å². The van der Waals surface area contributed by atoms with Gasteiger partial charge >= 0.3 is 5.97 Å². The van der Waals surface area contributed by atoms with E-state index in [9.17, 15) is 4.79 Å². The van der Waals surface area contributed by atoms with Gasteiger partial charge in [0.15, 0.2) is 0 Å². The molecule has 0 saturated heterocycles. The first-order valence-corrected chi connectivity index (χ1v) is 7.29. The molecule has 0 radical (unpaired) electrons. The van der Waals surface area contributed by atoms with E-state index in [0.717, 1.165) is 29.3 Å². The van der Waals surface area contributed by atoms with Crippen LogP contribution in [0.2, 0.25) is 0 Å². The summed E-state index contributed by atoms with van der Waals surface area (Å²) in [5, 5.41) is 9.59. The Bertz CT molecular complexity index is 449. The van der Waals surface area contributed by atoms with Gasteiger partial charge in [-0.2, -0.15) is 11.8 Å². The lowest BCUT2D eigenvalue weighted by Crippen LogP contribution is -2.23. The van der Waals surface area contributed by atoms with Crippen LogP contribution in [0.1, 0.15) is 37.4 Å². The van der Waals surface area contributed by atoms with Crippen LogP contribution in [0, 0.1) is 5.92 Å². The van der Waals surface area contributed by atoms with Crippen molar-refractivity contribution in [1.82, 2.24) is 9.97 Å². The molecule has 1 aliphatic rings. The third kappa shape index (κ3) is 3.22. The third-order valence-corrected chi connectivity index (χ3v) is 4.19. The van der Waals surface area contributed by atoms with Crippen molar-refractivity contribution in [1.29, 1.82) is 0 Å². The quantitative estimate of drug-likeness (QED) is 0.906. The van der Waals surface area contributed by atoms with Crippen LogP contribution in [0.15, 0.2) is 6.20 Å². The molecule has 1 atom stereocenters. The Morgan fingerprint density at radius 1 is 1.61 bits per heavy atom. The number of aliphatic carboxylic acids is 1. The van der Waals surface area contributed by atoms with E-state index in [0.29, 0.717) is 18.1 Å². The smallest absolute Gasteiger partial charge is 0.306 e. The van der Waals surface area contributed by atoms with Crippen LogP contribution in [0.3, 0.4) is 0 Å². The Balaban J connectivity index is 2.07. The van der Waals surface area contributed by atoms with Crippen LogP contribution in [0.5, 0.6) is 0 Å². The molecule has 5 heteroatoms. The van der Waals surface area contributed by atoms with E-state index in [1.165, 1.54) is 0 Å². The number of hydrogen-bond acceptors (Lipinski definition) is 4. The van der Waals surface area contributed by atoms with Crippen LogP contribution in [-0.4, -0.2) is 26.3 Å². The number of rotatable bonds is 4. The van der Waals surface area contributed by atoms with Gasteiger partial charge in [-0.15, -0.1) is 0 Å². The Labute approximate surface area is 111 Å². The highest BCUT2D eigenvalue weighted by atomic mass is 32.2. The second-order valence-electron chi connectivity index (χ2n) is 4.90. The Hall–Kier alpha value is -1.10. The molecule has 4 nitrogen and oxygen atoms in total. The van der Waals surface area contributed by atoms with E-state index < -0.39 is 5.97 Å². The van der Waals surface area contributed by atoms with Crippen LogP contribution < -0.4 is 0 Å². The lowest BCUT2D eigenvalue weighted by molar-refractivity contribution is -0.142. The van der Waals surface area contributed by atoms with Gasteiger partial charge in [-0.1, -0.05) is 13.8 Å². The second-order valence-corrected chi connectivity index (χ2v) is 6.46. The maximum Gasteiger partial charge on any atom is 0.306 e. The molecule has 0 bridgehead atoms. The summed E-state index contributed by atoms with van der Waals surface area (Å²) in [6.45, 7) is 4.31. The molecule has 1 aromatic rings. The van der Waals surface area contributed by atoms with Crippen molar-refractivity contribution in [2.24, 2.45) is 5.92 Å². The predicted molar refractivity (Wildman–Crippen MR) is 71.6 cm³/mol. The number of fused-ring (bicyclic) bond motifs is 1. The minimum atomic E-state index is -0.708. The minimum Gasteiger partial charge on any atom is -0.481 e. The molecule has 0 fully saturated rings. The maximum absolute atomic E-state index is 11.0. The molecule has 1 aliphatic carbocycles. The molecule has 1 N–H and O–H groups in total. The van der Waals surface area contributed by atoms with Gasteiger partial charge in [-0.25, -0.2) is 9.97 Å². The van der Waals surface area contributed by atoms with Gasteiger partial charge in [-0.3, -0.25) is 4.79 Å². The van der Waals surface area contributed by atoms with Crippen molar-refractivity contribution in [2.45, 2.75) is 44.1 Å².